The number of aromatic nitrogens is 2. The lowest BCUT2D eigenvalue weighted by molar-refractivity contribution is -0.118. The van der Waals surface area contributed by atoms with Crippen LogP contribution in [0.5, 0.6) is 0 Å². The van der Waals surface area contributed by atoms with Gasteiger partial charge in [-0.25, -0.2) is 8.78 Å². The molecule has 2 aliphatic rings. The van der Waals surface area contributed by atoms with Crippen LogP contribution in [0.25, 0.3) is 0 Å². The SMILES string of the molecule is O=C(Nc1cnn(CCN2CCOCC2)c1)C1CC(F)(F)CN1. The molecule has 0 aliphatic carbocycles. The average Bonchev–Trinajstić information content (AvgIpc) is 3.12. The minimum absolute atomic E-state index is 0.449. The molecule has 1 aromatic rings. The molecule has 0 saturated carbocycles. The highest BCUT2D eigenvalue weighted by Crippen LogP contribution is 2.25. The van der Waals surface area contributed by atoms with Gasteiger partial charge in [0.2, 0.25) is 5.91 Å². The molecule has 1 amide bonds. The lowest BCUT2D eigenvalue weighted by atomic mass is 10.2. The number of carbonyl (C=O) groups excluding carboxylic acids is 1. The third kappa shape index (κ3) is 4.46. The second kappa shape index (κ2) is 6.90. The normalized spacial score (nSPS) is 24.7. The van der Waals surface area contributed by atoms with Crippen molar-refractivity contribution in [1.29, 1.82) is 0 Å². The Morgan fingerprint density at radius 3 is 2.91 bits per heavy atom. The lowest BCUT2D eigenvalue weighted by Crippen LogP contribution is -2.38. The summed E-state index contributed by atoms with van der Waals surface area (Å²) < 4.78 is 33.2. The quantitative estimate of drug-likeness (QED) is 0.805. The molecule has 0 bridgehead atoms. The van der Waals surface area contributed by atoms with E-state index in [0.717, 1.165) is 32.8 Å². The molecule has 1 aromatic heterocycles. The van der Waals surface area contributed by atoms with Crippen LogP contribution in [-0.4, -0.2) is 71.9 Å². The topological polar surface area (TPSA) is 71.4 Å². The Hall–Kier alpha value is -1.58. The molecular formula is C14H21F2N5O2. The monoisotopic (exact) mass is 329 g/mol. The second-order valence-corrected chi connectivity index (χ2v) is 5.93. The van der Waals surface area contributed by atoms with Gasteiger partial charge in [0.05, 0.1) is 44.2 Å². The third-order valence-electron chi connectivity index (χ3n) is 4.08. The lowest BCUT2D eigenvalue weighted by Gasteiger charge is -2.26. The van der Waals surface area contributed by atoms with Crippen LogP contribution in [0.1, 0.15) is 6.42 Å². The molecule has 3 heterocycles. The Labute approximate surface area is 133 Å². The largest absolute Gasteiger partial charge is 0.379 e. The van der Waals surface area contributed by atoms with Gasteiger partial charge in [-0.2, -0.15) is 5.10 Å². The smallest absolute Gasteiger partial charge is 0.262 e. The van der Waals surface area contributed by atoms with Crippen LogP contribution in [0.15, 0.2) is 12.4 Å². The van der Waals surface area contributed by atoms with E-state index in [-0.39, 0.29) is 0 Å². The number of ether oxygens (including phenoxy) is 1. The first-order chi connectivity index (χ1) is 11.0. The van der Waals surface area contributed by atoms with Crippen LogP contribution in [-0.2, 0) is 16.1 Å². The summed E-state index contributed by atoms with van der Waals surface area (Å²) in [4.78, 5) is 14.2. The summed E-state index contributed by atoms with van der Waals surface area (Å²) in [5.41, 5.74) is 0.522. The first-order valence-corrected chi connectivity index (χ1v) is 7.76. The average molecular weight is 329 g/mol. The van der Waals surface area contributed by atoms with Crippen LogP contribution >= 0.6 is 0 Å². The summed E-state index contributed by atoms with van der Waals surface area (Å²) in [6.45, 7) is 4.42. The summed E-state index contributed by atoms with van der Waals surface area (Å²) >= 11 is 0. The Kier molecular flexibility index (Phi) is 4.88. The minimum atomic E-state index is -2.82. The van der Waals surface area contributed by atoms with E-state index >= 15 is 0 Å². The van der Waals surface area contributed by atoms with Crippen molar-refractivity contribution < 1.29 is 18.3 Å². The van der Waals surface area contributed by atoms with Crippen LogP contribution in [0.4, 0.5) is 14.5 Å². The van der Waals surface area contributed by atoms with Gasteiger partial charge in [0, 0.05) is 32.3 Å². The maximum Gasteiger partial charge on any atom is 0.262 e. The number of morpholine rings is 1. The van der Waals surface area contributed by atoms with Crippen molar-refractivity contribution in [3.05, 3.63) is 12.4 Å². The summed E-state index contributed by atoms with van der Waals surface area (Å²) in [5.74, 6) is -3.26. The highest BCUT2D eigenvalue weighted by molar-refractivity contribution is 5.94. The Morgan fingerprint density at radius 1 is 1.43 bits per heavy atom. The van der Waals surface area contributed by atoms with Crippen molar-refractivity contribution in [2.24, 2.45) is 0 Å². The fourth-order valence-electron chi connectivity index (χ4n) is 2.75. The van der Waals surface area contributed by atoms with Gasteiger partial charge in [-0.1, -0.05) is 0 Å². The van der Waals surface area contributed by atoms with Crippen molar-refractivity contribution in [2.45, 2.75) is 24.9 Å². The number of halogens is 2. The zero-order chi connectivity index (χ0) is 16.3. The van der Waals surface area contributed by atoms with Gasteiger partial charge in [0.25, 0.3) is 5.92 Å². The molecule has 128 valence electrons. The molecule has 9 heteroatoms. The first-order valence-electron chi connectivity index (χ1n) is 7.76. The van der Waals surface area contributed by atoms with Crippen molar-refractivity contribution in [1.82, 2.24) is 20.0 Å². The van der Waals surface area contributed by atoms with Gasteiger partial charge in [-0.05, 0) is 0 Å². The number of rotatable bonds is 5. The highest BCUT2D eigenvalue weighted by Gasteiger charge is 2.42. The van der Waals surface area contributed by atoms with Gasteiger partial charge in [-0.3, -0.25) is 19.7 Å². The number of nitrogens with zero attached hydrogens (tertiary/aromatic N) is 3. The van der Waals surface area contributed by atoms with E-state index in [0.29, 0.717) is 12.2 Å². The van der Waals surface area contributed by atoms with E-state index in [1.54, 1.807) is 10.9 Å². The molecular weight excluding hydrogens is 308 g/mol. The molecule has 2 fully saturated rings. The van der Waals surface area contributed by atoms with Crippen molar-refractivity contribution in [3.63, 3.8) is 0 Å². The standard InChI is InChI=1S/C14H21F2N5O2/c15-14(16)7-12(17-10-14)13(22)19-11-8-18-21(9-11)2-1-20-3-5-23-6-4-20/h8-9,12,17H,1-7,10H2,(H,19,22). The molecule has 23 heavy (non-hydrogen) atoms. The molecule has 2 saturated heterocycles. The highest BCUT2D eigenvalue weighted by atomic mass is 19.3. The summed E-state index contributed by atoms with van der Waals surface area (Å²) in [6, 6.07) is -0.860. The second-order valence-electron chi connectivity index (χ2n) is 5.93. The summed E-state index contributed by atoms with van der Waals surface area (Å²) in [5, 5.41) is 9.35. The van der Waals surface area contributed by atoms with E-state index in [1.165, 1.54) is 6.20 Å². The summed E-state index contributed by atoms with van der Waals surface area (Å²) in [7, 11) is 0. The summed E-state index contributed by atoms with van der Waals surface area (Å²) in [6.07, 6.45) is 2.78. The number of hydrogen-bond donors (Lipinski definition) is 2. The number of nitrogens with one attached hydrogen (secondary N) is 2. The molecule has 3 rings (SSSR count). The van der Waals surface area contributed by atoms with Crippen LogP contribution in [0.2, 0.25) is 0 Å². The maximum atomic E-state index is 13.1. The molecule has 0 radical (unpaired) electrons. The van der Waals surface area contributed by atoms with E-state index in [2.05, 4.69) is 20.6 Å². The van der Waals surface area contributed by atoms with Gasteiger partial charge >= 0.3 is 0 Å². The van der Waals surface area contributed by atoms with Gasteiger partial charge in [-0.15, -0.1) is 0 Å². The van der Waals surface area contributed by atoms with Gasteiger partial charge < -0.3 is 10.1 Å². The van der Waals surface area contributed by atoms with Crippen LogP contribution < -0.4 is 10.6 Å². The number of carbonyl (C=O) groups is 1. The predicted octanol–water partition coefficient (Wildman–Crippen LogP) is 0.151. The Bertz CT molecular complexity index is 545. The van der Waals surface area contributed by atoms with E-state index < -0.39 is 30.8 Å². The fraction of sp³-hybridized carbons (Fsp3) is 0.714. The zero-order valence-electron chi connectivity index (χ0n) is 12.8. The van der Waals surface area contributed by atoms with Crippen LogP contribution in [0.3, 0.4) is 0 Å². The van der Waals surface area contributed by atoms with Gasteiger partial charge in [0.1, 0.15) is 0 Å². The molecule has 7 nitrogen and oxygen atoms in total. The van der Waals surface area contributed by atoms with Gasteiger partial charge in [0.15, 0.2) is 0 Å². The number of anilines is 1. The van der Waals surface area contributed by atoms with E-state index in [4.69, 9.17) is 4.74 Å². The fourth-order valence-corrected chi connectivity index (χ4v) is 2.75. The van der Waals surface area contributed by atoms with Crippen LogP contribution in [0, 0.1) is 0 Å². The molecule has 0 spiro atoms. The molecule has 1 unspecified atom stereocenters. The molecule has 2 aliphatic heterocycles. The van der Waals surface area contributed by atoms with Crippen molar-refractivity contribution >= 4 is 11.6 Å². The predicted molar refractivity (Wildman–Crippen MR) is 79.5 cm³/mol. The molecule has 2 N–H and O–H groups in total. The Balaban J connectivity index is 1.46. The molecule has 0 aromatic carbocycles. The number of amides is 1. The van der Waals surface area contributed by atoms with E-state index in [1.807, 2.05) is 0 Å². The molecule has 1 atom stereocenters. The van der Waals surface area contributed by atoms with Crippen molar-refractivity contribution in [2.75, 3.05) is 44.7 Å². The Morgan fingerprint density at radius 2 is 2.22 bits per heavy atom. The maximum absolute atomic E-state index is 13.1. The zero-order valence-corrected chi connectivity index (χ0v) is 12.8. The first kappa shape index (κ1) is 16.3. The van der Waals surface area contributed by atoms with E-state index in [9.17, 15) is 13.6 Å². The number of alkyl halides is 2. The third-order valence-corrected chi connectivity index (χ3v) is 4.08. The van der Waals surface area contributed by atoms with Crippen molar-refractivity contribution in [3.8, 4) is 0 Å². The minimum Gasteiger partial charge on any atom is -0.379 e. The number of hydrogen-bond acceptors (Lipinski definition) is 5.